The molecule has 0 aliphatic heterocycles. The van der Waals surface area contributed by atoms with E-state index in [1.54, 1.807) is 0 Å². The Labute approximate surface area is 101 Å². The molecule has 0 radical (unpaired) electrons. The second-order valence-corrected chi connectivity index (χ2v) is 3.47. The molecule has 1 heterocycles. The maximum atomic E-state index is 13.3. The smallest absolute Gasteiger partial charge is 0.259 e. The van der Waals surface area contributed by atoms with Crippen LogP contribution in [0.25, 0.3) is 0 Å². The molecule has 6 heteroatoms. The molecule has 2 aromatic rings. The van der Waals surface area contributed by atoms with Crippen LogP contribution in [0.3, 0.4) is 0 Å². The molecule has 92 valence electrons. The van der Waals surface area contributed by atoms with Gasteiger partial charge in [-0.2, -0.15) is 0 Å². The molecule has 0 atom stereocenters. The van der Waals surface area contributed by atoms with E-state index in [0.717, 1.165) is 24.4 Å². The number of hydrogen-bond acceptors (Lipinski definition) is 3. The minimum atomic E-state index is -0.765. The highest BCUT2D eigenvalue weighted by Gasteiger charge is 2.13. The van der Waals surface area contributed by atoms with Crippen molar-refractivity contribution < 1.29 is 18.7 Å². The summed E-state index contributed by atoms with van der Waals surface area (Å²) in [5.74, 6) is -2.53. The fourth-order valence-corrected chi connectivity index (χ4v) is 1.36. The molecule has 0 fully saturated rings. The third-order valence-corrected chi connectivity index (χ3v) is 2.22. The fraction of sp³-hybridized carbons (Fsp3) is 0. The average Bonchev–Trinajstić information content (AvgIpc) is 2.34. The number of rotatable bonds is 2. The lowest BCUT2D eigenvalue weighted by molar-refractivity contribution is 0.102. The van der Waals surface area contributed by atoms with Gasteiger partial charge in [-0.25, -0.2) is 8.78 Å². The summed E-state index contributed by atoms with van der Waals surface area (Å²) in [6.07, 6.45) is 2.38. The van der Waals surface area contributed by atoms with Crippen LogP contribution in [-0.2, 0) is 0 Å². The summed E-state index contributed by atoms with van der Waals surface area (Å²) in [5.41, 5.74) is -0.370. The largest absolute Gasteiger partial charge is 0.505 e. The minimum absolute atomic E-state index is 0.0753. The Kier molecular flexibility index (Phi) is 3.18. The molecule has 1 amide bonds. The van der Waals surface area contributed by atoms with Crippen molar-refractivity contribution >= 4 is 11.6 Å². The number of nitrogens with zero attached hydrogens (tertiary/aromatic N) is 1. The zero-order valence-corrected chi connectivity index (χ0v) is 9.02. The van der Waals surface area contributed by atoms with Crippen molar-refractivity contribution in [3.63, 3.8) is 0 Å². The van der Waals surface area contributed by atoms with Gasteiger partial charge in [0.05, 0.1) is 17.4 Å². The molecule has 4 nitrogen and oxygen atoms in total. The summed E-state index contributed by atoms with van der Waals surface area (Å²) >= 11 is 0. The summed E-state index contributed by atoms with van der Waals surface area (Å²) in [5, 5.41) is 11.6. The molecule has 0 unspecified atom stereocenters. The van der Waals surface area contributed by atoms with Crippen LogP contribution in [0, 0.1) is 11.6 Å². The lowest BCUT2D eigenvalue weighted by atomic mass is 10.2. The van der Waals surface area contributed by atoms with Crippen molar-refractivity contribution in [3.8, 4) is 5.75 Å². The molecular weight excluding hydrogens is 242 g/mol. The van der Waals surface area contributed by atoms with Gasteiger partial charge in [0.25, 0.3) is 5.91 Å². The monoisotopic (exact) mass is 250 g/mol. The lowest BCUT2D eigenvalue weighted by Crippen LogP contribution is -2.13. The van der Waals surface area contributed by atoms with E-state index in [4.69, 9.17) is 0 Å². The second-order valence-electron chi connectivity index (χ2n) is 3.47. The Morgan fingerprint density at radius 1 is 1.28 bits per heavy atom. The maximum absolute atomic E-state index is 13.3. The van der Waals surface area contributed by atoms with E-state index in [2.05, 4.69) is 10.3 Å². The third-order valence-electron chi connectivity index (χ3n) is 2.22. The first kappa shape index (κ1) is 12.0. The first-order chi connectivity index (χ1) is 8.58. The highest BCUT2D eigenvalue weighted by atomic mass is 19.1. The number of nitrogens with one attached hydrogen (secondary N) is 1. The van der Waals surface area contributed by atoms with E-state index in [1.807, 2.05) is 0 Å². The molecule has 2 N–H and O–H groups in total. The van der Waals surface area contributed by atoms with E-state index in [9.17, 15) is 18.7 Å². The van der Waals surface area contributed by atoms with E-state index >= 15 is 0 Å². The summed E-state index contributed by atoms with van der Waals surface area (Å²) < 4.78 is 26.2. The molecule has 0 saturated carbocycles. The summed E-state index contributed by atoms with van der Waals surface area (Å²) in [4.78, 5) is 15.3. The van der Waals surface area contributed by atoms with E-state index in [0.29, 0.717) is 0 Å². The number of anilines is 1. The number of halogens is 2. The SMILES string of the molecule is O=C(Nc1cc(F)ccc1F)c1ccncc1O. The Balaban J connectivity index is 2.27. The molecule has 18 heavy (non-hydrogen) atoms. The summed E-state index contributed by atoms with van der Waals surface area (Å²) in [6.45, 7) is 0. The molecule has 2 rings (SSSR count). The van der Waals surface area contributed by atoms with Gasteiger partial charge in [0.1, 0.15) is 17.4 Å². The molecule has 1 aromatic carbocycles. The Hall–Kier alpha value is -2.50. The van der Waals surface area contributed by atoms with E-state index in [1.165, 1.54) is 12.3 Å². The number of aromatic hydroxyl groups is 1. The van der Waals surface area contributed by atoms with Gasteiger partial charge in [0.2, 0.25) is 0 Å². The normalized spacial score (nSPS) is 10.1. The molecule has 0 spiro atoms. The van der Waals surface area contributed by atoms with Crippen molar-refractivity contribution in [1.29, 1.82) is 0 Å². The zero-order chi connectivity index (χ0) is 13.1. The highest BCUT2D eigenvalue weighted by Crippen LogP contribution is 2.19. The number of carbonyl (C=O) groups excluding carboxylic acids is 1. The standard InChI is InChI=1S/C12H8F2N2O2/c13-7-1-2-9(14)10(5-7)16-12(18)8-3-4-15-6-11(8)17/h1-6,17H,(H,16,18). The second kappa shape index (κ2) is 4.79. The van der Waals surface area contributed by atoms with Crippen molar-refractivity contribution in [2.45, 2.75) is 0 Å². The molecule has 1 aromatic heterocycles. The number of aromatic nitrogens is 1. The van der Waals surface area contributed by atoms with Crippen LogP contribution in [0.4, 0.5) is 14.5 Å². The highest BCUT2D eigenvalue weighted by molar-refractivity contribution is 6.06. The van der Waals surface area contributed by atoms with E-state index < -0.39 is 17.5 Å². The predicted molar refractivity (Wildman–Crippen MR) is 60.2 cm³/mol. The molecular formula is C12H8F2N2O2. The maximum Gasteiger partial charge on any atom is 0.259 e. The van der Waals surface area contributed by atoms with Crippen LogP contribution in [-0.4, -0.2) is 16.0 Å². The molecule has 0 bridgehead atoms. The van der Waals surface area contributed by atoms with Crippen LogP contribution in [0.5, 0.6) is 5.75 Å². The minimum Gasteiger partial charge on any atom is -0.505 e. The van der Waals surface area contributed by atoms with Crippen molar-refractivity contribution in [3.05, 3.63) is 53.9 Å². The number of hydrogen-bond donors (Lipinski definition) is 2. The van der Waals surface area contributed by atoms with Crippen LogP contribution < -0.4 is 5.32 Å². The van der Waals surface area contributed by atoms with Crippen LogP contribution >= 0.6 is 0 Å². The summed E-state index contributed by atoms with van der Waals surface area (Å²) in [7, 11) is 0. The van der Waals surface area contributed by atoms with Crippen LogP contribution in [0.15, 0.2) is 36.7 Å². The van der Waals surface area contributed by atoms with Gasteiger partial charge in [-0.05, 0) is 18.2 Å². The molecule has 0 saturated heterocycles. The van der Waals surface area contributed by atoms with Gasteiger partial charge in [-0.15, -0.1) is 0 Å². The van der Waals surface area contributed by atoms with Gasteiger partial charge in [-0.3, -0.25) is 9.78 Å². The average molecular weight is 250 g/mol. The molecule has 0 aliphatic carbocycles. The van der Waals surface area contributed by atoms with Gasteiger partial charge < -0.3 is 10.4 Å². The van der Waals surface area contributed by atoms with Gasteiger partial charge >= 0.3 is 0 Å². The first-order valence-electron chi connectivity index (χ1n) is 4.97. The van der Waals surface area contributed by atoms with Crippen LogP contribution in [0.2, 0.25) is 0 Å². The lowest BCUT2D eigenvalue weighted by Gasteiger charge is -2.07. The zero-order valence-electron chi connectivity index (χ0n) is 9.02. The van der Waals surface area contributed by atoms with E-state index in [-0.39, 0.29) is 17.0 Å². The van der Waals surface area contributed by atoms with Gasteiger partial charge in [0.15, 0.2) is 0 Å². The first-order valence-corrected chi connectivity index (χ1v) is 4.97. The van der Waals surface area contributed by atoms with Gasteiger partial charge in [-0.1, -0.05) is 0 Å². The Bertz CT molecular complexity index is 602. The Morgan fingerprint density at radius 3 is 2.78 bits per heavy atom. The van der Waals surface area contributed by atoms with Crippen LogP contribution in [0.1, 0.15) is 10.4 Å². The topological polar surface area (TPSA) is 62.2 Å². The van der Waals surface area contributed by atoms with Gasteiger partial charge in [0, 0.05) is 12.3 Å². The van der Waals surface area contributed by atoms with Crippen molar-refractivity contribution in [2.75, 3.05) is 5.32 Å². The van der Waals surface area contributed by atoms with Crippen molar-refractivity contribution in [2.24, 2.45) is 0 Å². The number of amides is 1. The number of pyridine rings is 1. The predicted octanol–water partition coefficient (Wildman–Crippen LogP) is 2.32. The summed E-state index contributed by atoms with van der Waals surface area (Å²) in [6, 6.07) is 3.96. The third kappa shape index (κ3) is 2.42. The number of carbonyl (C=O) groups is 1. The fourth-order valence-electron chi connectivity index (χ4n) is 1.36. The number of benzene rings is 1. The molecule has 0 aliphatic rings. The Morgan fingerprint density at radius 2 is 2.06 bits per heavy atom. The quantitative estimate of drug-likeness (QED) is 0.859. The van der Waals surface area contributed by atoms with Crippen molar-refractivity contribution in [1.82, 2.24) is 4.98 Å².